The number of hydrogen-bond donors (Lipinski definition) is 1. The van der Waals surface area contributed by atoms with Gasteiger partial charge in [-0.1, -0.05) is 0 Å². The summed E-state index contributed by atoms with van der Waals surface area (Å²) in [5.41, 5.74) is 1.60. The van der Waals surface area contributed by atoms with E-state index in [1.165, 1.54) is 0 Å². The Morgan fingerprint density at radius 1 is 1.75 bits per heavy atom. The van der Waals surface area contributed by atoms with E-state index in [1.54, 1.807) is 6.33 Å². The Balaban J connectivity index is 2.87. The zero-order valence-electron chi connectivity index (χ0n) is 7.24. The number of carboxylic acid groups (broad SMARTS) is 1. The van der Waals surface area contributed by atoms with Crippen LogP contribution in [-0.4, -0.2) is 20.6 Å². The SMILES string of the molecule is CCn1cnc(CC(=O)O)c1C. The maximum Gasteiger partial charge on any atom is 0.309 e. The number of aryl methyl sites for hydroxylation is 1. The first-order chi connectivity index (χ1) is 5.65. The molecule has 4 heteroatoms. The van der Waals surface area contributed by atoms with Gasteiger partial charge in [0.1, 0.15) is 0 Å². The van der Waals surface area contributed by atoms with Crippen LogP contribution in [0.1, 0.15) is 18.3 Å². The highest BCUT2D eigenvalue weighted by Crippen LogP contribution is 2.06. The van der Waals surface area contributed by atoms with Gasteiger partial charge >= 0.3 is 5.97 Å². The van der Waals surface area contributed by atoms with Crippen LogP contribution in [0.3, 0.4) is 0 Å². The van der Waals surface area contributed by atoms with Crippen molar-refractivity contribution in [2.24, 2.45) is 0 Å². The molecule has 1 N–H and O–H groups in total. The lowest BCUT2D eigenvalue weighted by molar-refractivity contribution is -0.136. The van der Waals surface area contributed by atoms with E-state index < -0.39 is 5.97 Å². The average Bonchev–Trinajstić information content (AvgIpc) is 2.32. The van der Waals surface area contributed by atoms with Crippen LogP contribution < -0.4 is 0 Å². The van der Waals surface area contributed by atoms with Gasteiger partial charge in [-0.15, -0.1) is 0 Å². The molecule has 0 aliphatic rings. The molecule has 0 aliphatic heterocycles. The summed E-state index contributed by atoms with van der Waals surface area (Å²) in [5.74, 6) is -0.834. The summed E-state index contributed by atoms with van der Waals surface area (Å²) in [5, 5.41) is 8.52. The summed E-state index contributed by atoms with van der Waals surface area (Å²) in [4.78, 5) is 14.4. The number of rotatable bonds is 3. The van der Waals surface area contributed by atoms with Gasteiger partial charge in [0.25, 0.3) is 0 Å². The summed E-state index contributed by atoms with van der Waals surface area (Å²) in [6, 6.07) is 0. The van der Waals surface area contributed by atoms with Gasteiger partial charge < -0.3 is 9.67 Å². The number of imidazole rings is 1. The van der Waals surface area contributed by atoms with Crippen LogP contribution in [0.4, 0.5) is 0 Å². The van der Waals surface area contributed by atoms with Gasteiger partial charge in [0.05, 0.1) is 18.4 Å². The highest BCUT2D eigenvalue weighted by Gasteiger charge is 2.08. The fourth-order valence-corrected chi connectivity index (χ4v) is 1.12. The summed E-state index contributed by atoms with van der Waals surface area (Å²) < 4.78 is 1.93. The summed E-state index contributed by atoms with van der Waals surface area (Å²) in [6.07, 6.45) is 1.69. The van der Waals surface area contributed by atoms with Crippen molar-refractivity contribution >= 4 is 5.97 Å². The van der Waals surface area contributed by atoms with Crippen LogP contribution >= 0.6 is 0 Å². The van der Waals surface area contributed by atoms with Crippen LogP contribution in [0, 0.1) is 6.92 Å². The van der Waals surface area contributed by atoms with Crippen molar-refractivity contribution in [1.29, 1.82) is 0 Å². The van der Waals surface area contributed by atoms with Crippen molar-refractivity contribution < 1.29 is 9.90 Å². The van der Waals surface area contributed by atoms with Gasteiger partial charge in [0.2, 0.25) is 0 Å². The average molecular weight is 168 g/mol. The second kappa shape index (κ2) is 3.38. The van der Waals surface area contributed by atoms with Crippen molar-refractivity contribution in [3.8, 4) is 0 Å². The van der Waals surface area contributed by atoms with E-state index in [0.717, 1.165) is 12.2 Å². The maximum atomic E-state index is 10.4. The number of carboxylic acids is 1. The molecule has 0 saturated heterocycles. The lowest BCUT2D eigenvalue weighted by atomic mass is 10.2. The highest BCUT2D eigenvalue weighted by atomic mass is 16.4. The van der Waals surface area contributed by atoms with Crippen molar-refractivity contribution in [2.75, 3.05) is 0 Å². The van der Waals surface area contributed by atoms with E-state index in [9.17, 15) is 4.79 Å². The molecule has 0 fully saturated rings. The Morgan fingerprint density at radius 2 is 2.42 bits per heavy atom. The first-order valence-electron chi connectivity index (χ1n) is 3.87. The molecule has 0 aromatic carbocycles. The number of aromatic nitrogens is 2. The predicted octanol–water partition coefficient (Wildman–Crippen LogP) is 0.839. The topological polar surface area (TPSA) is 55.1 Å². The number of carbonyl (C=O) groups is 1. The first-order valence-corrected chi connectivity index (χ1v) is 3.87. The molecule has 0 radical (unpaired) electrons. The molecule has 1 rings (SSSR count). The molecule has 66 valence electrons. The number of nitrogens with zero attached hydrogens (tertiary/aromatic N) is 2. The zero-order chi connectivity index (χ0) is 9.14. The lowest BCUT2D eigenvalue weighted by Gasteiger charge is -1.99. The normalized spacial score (nSPS) is 10.2. The van der Waals surface area contributed by atoms with Crippen LogP contribution in [0.2, 0.25) is 0 Å². The molecular formula is C8H12N2O2. The van der Waals surface area contributed by atoms with Crippen molar-refractivity contribution in [1.82, 2.24) is 9.55 Å². The van der Waals surface area contributed by atoms with Gasteiger partial charge in [0.15, 0.2) is 0 Å². The quantitative estimate of drug-likeness (QED) is 0.727. The van der Waals surface area contributed by atoms with Crippen LogP contribution in [0.15, 0.2) is 6.33 Å². The molecule has 0 aliphatic carbocycles. The number of aliphatic carboxylic acids is 1. The molecule has 1 aromatic rings. The Hall–Kier alpha value is -1.32. The van der Waals surface area contributed by atoms with Crippen molar-refractivity contribution in [3.05, 3.63) is 17.7 Å². The largest absolute Gasteiger partial charge is 0.481 e. The van der Waals surface area contributed by atoms with Crippen molar-refractivity contribution in [3.63, 3.8) is 0 Å². The van der Waals surface area contributed by atoms with Gasteiger partial charge in [-0.25, -0.2) is 4.98 Å². The highest BCUT2D eigenvalue weighted by molar-refractivity contribution is 5.69. The summed E-state index contributed by atoms with van der Waals surface area (Å²) >= 11 is 0. The molecule has 12 heavy (non-hydrogen) atoms. The molecule has 1 aromatic heterocycles. The van der Waals surface area contributed by atoms with E-state index in [1.807, 2.05) is 18.4 Å². The predicted molar refractivity (Wildman–Crippen MR) is 44.0 cm³/mol. The third-order valence-electron chi connectivity index (χ3n) is 1.86. The molecule has 4 nitrogen and oxygen atoms in total. The third-order valence-corrected chi connectivity index (χ3v) is 1.86. The molecule has 0 saturated carbocycles. The van der Waals surface area contributed by atoms with Crippen LogP contribution in [0.25, 0.3) is 0 Å². The monoisotopic (exact) mass is 168 g/mol. The maximum absolute atomic E-state index is 10.4. The molecule has 0 atom stereocenters. The van der Waals surface area contributed by atoms with E-state index in [2.05, 4.69) is 4.98 Å². The van der Waals surface area contributed by atoms with E-state index in [0.29, 0.717) is 5.69 Å². The van der Waals surface area contributed by atoms with Crippen molar-refractivity contribution in [2.45, 2.75) is 26.8 Å². The Labute approximate surface area is 70.9 Å². The minimum absolute atomic E-state index is 0.0127. The first kappa shape index (κ1) is 8.77. The Bertz CT molecular complexity index is 291. The second-order valence-corrected chi connectivity index (χ2v) is 2.63. The van der Waals surface area contributed by atoms with Crippen LogP contribution in [-0.2, 0) is 17.8 Å². The van der Waals surface area contributed by atoms with E-state index in [-0.39, 0.29) is 6.42 Å². The van der Waals surface area contributed by atoms with E-state index >= 15 is 0 Å². The third kappa shape index (κ3) is 1.64. The minimum atomic E-state index is -0.834. The van der Waals surface area contributed by atoms with Gasteiger partial charge in [-0.3, -0.25) is 4.79 Å². The smallest absolute Gasteiger partial charge is 0.309 e. The van der Waals surface area contributed by atoms with Crippen LogP contribution in [0.5, 0.6) is 0 Å². The van der Waals surface area contributed by atoms with Gasteiger partial charge in [0, 0.05) is 12.2 Å². The second-order valence-electron chi connectivity index (χ2n) is 2.63. The Kier molecular flexibility index (Phi) is 2.47. The standard InChI is InChI=1S/C8H12N2O2/c1-3-10-5-9-7(6(10)2)4-8(11)12/h5H,3-4H2,1-2H3,(H,11,12). The minimum Gasteiger partial charge on any atom is -0.481 e. The molecule has 0 spiro atoms. The summed E-state index contributed by atoms with van der Waals surface area (Å²) in [7, 11) is 0. The molecule has 0 unspecified atom stereocenters. The van der Waals surface area contributed by atoms with Gasteiger partial charge in [-0.2, -0.15) is 0 Å². The van der Waals surface area contributed by atoms with Gasteiger partial charge in [-0.05, 0) is 13.8 Å². The molecule has 1 heterocycles. The molecule has 0 bridgehead atoms. The fraction of sp³-hybridized carbons (Fsp3) is 0.500. The zero-order valence-corrected chi connectivity index (χ0v) is 7.24. The number of hydrogen-bond acceptors (Lipinski definition) is 2. The Morgan fingerprint density at radius 3 is 2.83 bits per heavy atom. The molecular weight excluding hydrogens is 156 g/mol. The molecule has 0 amide bonds. The van der Waals surface area contributed by atoms with E-state index in [4.69, 9.17) is 5.11 Å². The lowest BCUT2D eigenvalue weighted by Crippen LogP contribution is -2.03. The summed E-state index contributed by atoms with van der Waals surface area (Å²) in [6.45, 7) is 4.71. The fourth-order valence-electron chi connectivity index (χ4n) is 1.12.